The normalized spacial score (nSPS) is 14.5. The Balaban J connectivity index is 1.38. The average molecular weight is 470 g/mol. The molecule has 0 aliphatic carbocycles. The molecule has 0 spiro atoms. The van der Waals surface area contributed by atoms with Crippen molar-refractivity contribution in [1.29, 1.82) is 0 Å². The molecule has 1 amide bonds. The molecule has 1 fully saturated rings. The van der Waals surface area contributed by atoms with Gasteiger partial charge in [0, 0.05) is 48.7 Å². The third-order valence-corrected chi connectivity index (χ3v) is 7.96. The number of hydrogen-bond acceptors (Lipinski definition) is 6. The second-order valence-electron chi connectivity index (χ2n) is 7.90. The van der Waals surface area contributed by atoms with Crippen molar-refractivity contribution in [3.8, 4) is 17.0 Å². The van der Waals surface area contributed by atoms with E-state index in [9.17, 15) is 4.79 Å². The van der Waals surface area contributed by atoms with Crippen LogP contribution in [0.5, 0.6) is 5.75 Å². The molecule has 1 aromatic carbocycles. The van der Waals surface area contributed by atoms with Gasteiger partial charge in [-0.15, -0.1) is 22.7 Å². The summed E-state index contributed by atoms with van der Waals surface area (Å²) >= 11 is 3.21. The quantitative estimate of drug-likeness (QED) is 0.398. The summed E-state index contributed by atoms with van der Waals surface area (Å²) in [5.74, 6) is 1.22. The number of thiophene rings is 1. The van der Waals surface area contributed by atoms with Crippen LogP contribution in [0.25, 0.3) is 11.3 Å². The van der Waals surface area contributed by atoms with Gasteiger partial charge in [0.2, 0.25) is 0 Å². The molecule has 1 aliphatic rings. The van der Waals surface area contributed by atoms with E-state index in [1.54, 1.807) is 11.3 Å². The molecule has 0 bridgehead atoms. The number of nitrogens with zero attached hydrogens (tertiary/aromatic N) is 3. The van der Waals surface area contributed by atoms with Gasteiger partial charge in [-0.1, -0.05) is 12.1 Å². The van der Waals surface area contributed by atoms with Crippen LogP contribution in [0.1, 0.15) is 54.2 Å². The maximum Gasteiger partial charge on any atom is 0.267 e. The number of aromatic nitrogens is 1. The third-order valence-electron chi connectivity index (χ3n) is 6.07. The van der Waals surface area contributed by atoms with Crippen molar-refractivity contribution in [2.45, 2.75) is 39.5 Å². The fourth-order valence-electron chi connectivity index (χ4n) is 4.24. The molecule has 3 heterocycles. The summed E-state index contributed by atoms with van der Waals surface area (Å²) in [6.07, 6.45) is 1.91. The Hall–Kier alpha value is -2.38. The Morgan fingerprint density at radius 2 is 1.81 bits per heavy atom. The number of benzene rings is 1. The average Bonchev–Trinajstić information content (AvgIpc) is 3.50. The topological polar surface area (TPSA) is 45.7 Å². The van der Waals surface area contributed by atoms with Crippen molar-refractivity contribution in [2.75, 3.05) is 37.7 Å². The number of likely N-dealkylation sites (tertiary alicyclic amines) is 1. The highest BCUT2D eigenvalue weighted by Crippen LogP contribution is 2.35. The van der Waals surface area contributed by atoms with Crippen molar-refractivity contribution < 1.29 is 9.53 Å². The molecule has 0 unspecified atom stereocenters. The van der Waals surface area contributed by atoms with E-state index < -0.39 is 0 Å². The van der Waals surface area contributed by atoms with Crippen LogP contribution in [-0.2, 0) is 0 Å². The van der Waals surface area contributed by atoms with Crippen molar-refractivity contribution in [3.05, 3.63) is 51.0 Å². The first-order valence-electron chi connectivity index (χ1n) is 11.4. The molecule has 1 saturated heterocycles. The zero-order valence-electron chi connectivity index (χ0n) is 19.0. The predicted octanol–water partition coefficient (Wildman–Crippen LogP) is 6.14. The molecular weight excluding hydrogens is 438 g/mol. The van der Waals surface area contributed by atoms with Crippen molar-refractivity contribution in [1.82, 2.24) is 9.88 Å². The standard InChI is InChI=1S/C25H31N3O2S2/c1-4-27(5-2)20-9-7-18(8-10-20)21-17-32-24(26-21)19-11-14-28(15-12-19)25(29)23-22(30-6-3)13-16-31-23/h7-10,13,16-17,19H,4-6,11-12,14-15H2,1-3H3. The Morgan fingerprint density at radius 1 is 1.09 bits per heavy atom. The van der Waals surface area contributed by atoms with Crippen LogP contribution < -0.4 is 9.64 Å². The smallest absolute Gasteiger partial charge is 0.267 e. The molecule has 32 heavy (non-hydrogen) atoms. The van der Waals surface area contributed by atoms with Crippen molar-refractivity contribution >= 4 is 34.3 Å². The molecule has 0 saturated carbocycles. The highest BCUT2D eigenvalue weighted by molar-refractivity contribution is 7.12. The molecule has 2 aromatic heterocycles. The van der Waals surface area contributed by atoms with Gasteiger partial charge < -0.3 is 14.5 Å². The molecule has 0 atom stereocenters. The number of rotatable bonds is 8. The van der Waals surface area contributed by atoms with Gasteiger partial charge in [0.05, 0.1) is 17.3 Å². The lowest BCUT2D eigenvalue weighted by Crippen LogP contribution is -2.37. The maximum absolute atomic E-state index is 12.9. The van der Waals surface area contributed by atoms with Crippen LogP contribution in [-0.4, -0.2) is 48.6 Å². The van der Waals surface area contributed by atoms with Crippen molar-refractivity contribution in [2.24, 2.45) is 0 Å². The van der Waals surface area contributed by atoms with Gasteiger partial charge in [0.1, 0.15) is 10.6 Å². The molecule has 5 nitrogen and oxygen atoms in total. The number of ether oxygens (including phenoxy) is 1. The number of thiazole rings is 1. The maximum atomic E-state index is 12.9. The van der Waals surface area contributed by atoms with E-state index in [1.165, 1.54) is 22.0 Å². The minimum Gasteiger partial charge on any atom is -0.492 e. The number of carbonyl (C=O) groups is 1. The summed E-state index contributed by atoms with van der Waals surface area (Å²) < 4.78 is 5.61. The molecular formula is C25H31N3O2S2. The van der Waals surface area contributed by atoms with Gasteiger partial charge in [0.25, 0.3) is 5.91 Å². The third kappa shape index (κ3) is 4.84. The zero-order valence-corrected chi connectivity index (χ0v) is 20.7. The van der Waals surface area contributed by atoms with Gasteiger partial charge >= 0.3 is 0 Å². The van der Waals surface area contributed by atoms with E-state index in [0.717, 1.165) is 55.2 Å². The first kappa shape index (κ1) is 22.8. The largest absolute Gasteiger partial charge is 0.492 e. The fraction of sp³-hybridized carbons (Fsp3) is 0.440. The zero-order chi connectivity index (χ0) is 22.5. The number of hydrogen-bond donors (Lipinski definition) is 0. The summed E-state index contributed by atoms with van der Waals surface area (Å²) in [6.45, 7) is 10.4. The number of anilines is 1. The van der Waals surface area contributed by atoms with E-state index >= 15 is 0 Å². The van der Waals surface area contributed by atoms with Gasteiger partial charge in [-0.2, -0.15) is 0 Å². The summed E-state index contributed by atoms with van der Waals surface area (Å²) in [5, 5.41) is 5.28. The van der Waals surface area contributed by atoms with Gasteiger partial charge in [-0.25, -0.2) is 4.98 Å². The SMILES string of the molecule is CCOc1ccsc1C(=O)N1CCC(c2nc(-c3ccc(N(CC)CC)cc3)cs2)CC1. The first-order chi connectivity index (χ1) is 15.6. The van der Waals surface area contributed by atoms with Crippen LogP contribution >= 0.6 is 22.7 Å². The van der Waals surface area contributed by atoms with Gasteiger partial charge in [-0.3, -0.25) is 4.79 Å². The van der Waals surface area contributed by atoms with E-state index in [-0.39, 0.29) is 5.91 Å². The number of carbonyl (C=O) groups excluding carboxylic acids is 1. The summed E-state index contributed by atoms with van der Waals surface area (Å²) in [7, 11) is 0. The van der Waals surface area contributed by atoms with Crippen LogP contribution in [0.15, 0.2) is 41.1 Å². The predicted molar refractivity (Wildman–Crippen MR) is 134 cm³/mol. The fourth-order valence-corrected chi connectivity index (χ4v) is 6.04. The number of piperidine rings is 1. The summed E-state index contributed by atoms with van der Waals surface area (Å²) in [5.41, 5.74) is 3.47. The van der Waals surface area contributed by atoms with Gasteiger partial charge in [0.15, 0.2) is 0 Å². The lowest BCUT2D eigenvalue weighted by molar-refractivity contribution is 0.0714. The lowest BCUT2D eigenvalue weighted by atomic mass is 9.97. The Morgan fingerprint density at radius 3 is 2.47 bits per heavy atom. The van der Waals surface area contributed by atoms with E-state index in [4.69, 9.17) is 9.72 Å². The molecule has 0 radical (unpaired) electrons. The number of amides is 1. The van der Waals surface area contributed by atoms with E-state index in [1.807, 2.05) is 23.3 Å². The molecule has 7 heteroatoms. The van der Waals surface area contributed by atoms with Crippen LogP contribution in [0.4, 0.5) is 5.69 Å². The van der Waals surface area contributed by atoms with Crippen LogP contribution in [0, 0.1) is 0 Å². The first-order valence-corrected chi connectivity index (χ1v) is 13.2. The minimum atomic E-state index is 0.0926. The van der Waals surface area contributed by atoms with Crippen LogP contribution in [0.2, 0.25) is 0 Å². The summed E-state index contributed by atoms with van der Waals surface area (Å²) in [6, 6.07) is 10.6. The van der Waals surface area contributed by atoms with E-state index in [2.05, 4.69) is 48.4 Å². The molecule has 1 aliphatic heterocycles. The molecule has 170 valence electrons. The van der Waals surface area contributed by atoms with Crippen molar-refractivity contribution in [3.63, 3.8) is 0 Å². The van der Waals surface area contributed by atoms with Crippen LogP contribution in [0.3, 0.4) is 0 Å². The Labute approximate surface area is 198 Å². The molecule has 3 aromatic rings. The molecule has 4 rings (SSSR count). The highest BCUT2D eigenvalue weighted by Gasteiger charge is 2.28. The monoisotopic (exact) mass is 469 g/mol. The second kappa shape index (κ2) is 10.5. The highest BCUT2D eigenvalue weighted by atomic mass is 32.1. The lowest BCUT2D eigenvalue weighted by Gasteiger charge is -2.31. The molecule has 0 N–H and O–H groups in total. The summed E-state index contributed by atoms with van der Waals surface area (Å²) in [4.78, 5) is 22.9. The Kier molecular flexibility index (Phi) is 7.48. The van der Waals surface area contributed by atoms with E-state index in [0.29, 0.717) is 18.3 Å². The minimum absolute atomic E-state index is 0.0926. The van der Waals surface area contributed by atoms with Gasteiger partial charge in [-0.05, 0) is 57.2 Å². The second-order valence-corrected chi connectivity index (χ2v) is 9.71. The Bertz CT molecular complexity index is 1020.